The van der Waals surface area contributed by atoms with E-state index in [0.29, 0.717) is 18.9 Å². The zero-order chi connectivity index (χ0) is 13.8. The summed E-state index contributed by atoms with van der Waals surface area (Å²) in [6.45, 7) is 9.09. The van der Waals surface area contributed by atoms with Crippen LogP contribution in [0.1, 0.15) is 39.7 Å². The van der Waals surface area contributed by atoms with E-state index in [9.17, 15) is 4.79 Å². The lowest BCUT2D eigenvalue weighted by molar-refractivity contribution is -0.117. The number of nitrogens with two attached hydrogens (primary N) is 1. The molecule has 0 spiro atoms. The molecule has 0 saturated carbocycles. The van der Waals surface area contributed by atoms with Crippen molar-refractivity contribution < 1.29 is 4.79 Å². The van der Waals surface area contributed by atoms with Crippen LogP contribution in [0.5, 0.6) is 0 Å². The molecule has 1 aromatic rings. The van der Waals surface area contributed by atoms with E-state index in [1.165, 1.54) is 0 Å². The molecule has 0 saturated heterocycles. The number of amides is 1. The first-order valence-electron chi connectivity index (χ1n) is 6.42. The van der Waals surface area contributed by atoms with Crippen LogP contribution in [0.15, 0.2) is 24.3 Å². The number of carbonyl (C=O) groups is 1. The van der Waals surface area contributed by atoms with Gasteiger partial charge in [-0.15, -0.1) is 0 Å². The third-order valence-electron chi connectivity index (χ3n) is 3.44. The average Bonchev–Trinajstić information content (AvgIpc) is 2.28. The van der Waals surface area contributed by atoms with Crippen molar-refractivity contribution in [1.29, 1.82) is 0 Å². The Morgan fingerprint density at radius 3 is 2.28 bits per heavy atom. The third kappa shape index (κ3) is 4.49. The molecule has 0 heterocycles. The lowest BCUT2D eigenvalue weighted by atomic mass is 9.80. The summed E-state index contributed by atoms with van der Waals surface area (Å²) in [7, 11) is 0. The van der Waals surface area contributed by atoms with Gasteiger partial charge < -0.3 is 11.1 Å². The van der Waals surface area contributed by atoms with Crippen molar-refractivity contribution in [2.45, 2.75) is 40.7 Å². The average molecular weight is 248 g/mol. The Bertz CT molecular complexity index is 390. The lowest BCUT2D eigenvalue weighted by Gasteiger charge is -2.26. The highest BCUT2D eigenvalue weighted by Gasteiger charge is 2.22. The second kappa shape index (κ2) is 6.01. The zero-order valence-electron chi connectivity index (χ0n) is 11.8. The predicted octanol–water partition coefficient (Wildman–Crippen LogP) is 3.16. The van der Waals surface area contributed by atoms with E-state index >= 15 is 0 Å². The van der Waals surface area contributed by atoms with Crippen molar-refractivity contribution in [2.24, 2.45) is 17.1 Å². The third-order valence-corrected chi connectivity index (χ3v) is 3.44. The van der Waals surface area contributed by atoms with Crippen LogP contribution in [0, 0.1) is 11.3 Å². The number of anilines is 1. The van der Waals surface area contributed by atoms with Gasteiger partial charge >= 0.3 is 0 Å². The minimum absolute atomic E-state index is 0.0675. The highest BCUT2D eigenvalue weighted by molar-refractivity contribution is 5.90. The van der Waals surface area contributed by atoms with Gasteiger partial charge in [-0.05, 0) is 29.0 Å². The maximum atomic E-state index is 11.9. The van der Waals surface area contributed by atoms with Crippen LogP contribution in [-0.4, -0.2) is 5.91 Å². The molecule has 1 aromatic carbocycles. The van der Waals surface area contributed by atoms with Crippen LogP contribution < -0.4 is 11.1 Å². The van der Waals surface area contributed by atoms with Crippen LogP contribution in [0.2, 0.25) is 0 Å². The molecule has 1 unspecified atom stereocenters. The molecule has 3 heteroatoms. The Morgan fingerprint density at radius 2 is 1.83 bits per heavy atom. The van der Waals surface area contributed by atoms with E-state index in [1.807, 2.05) is 24.3 Å². The molecule has 0 bridgehead atoms. The largest absolute Gasteiger partial charge is 0.326 e. The second-order valence-electron chi connectivity index (χ2n) is 5.92. The fraction of sp³-hybridized carbons (Fsp3) is 0.533. The molecular weight excluding hydrogens is 224 g/mol. The lowest BCUT2D eigenvalue weighted by Crippen LogP contribution is -2.23. The minimum Gasteiger partial charge on any atom is -0.326 e. The fourth-order valence-corrected chi connectivity index (χ4v) is 1.52. The Labute approximate surface area is 110 Å². The number of hydrogen-bond donors (Lipinski definition) is 2. The van der Waals surface area contributed by atoms with Gasteiger partial charge in [0, 0.05) is 18.7 Å². The highest BCUT2D eigenvalue weighted by Crippen LogP contribution is 2.28. The number of benzene rings is 1. The van der Waals surface area contributed by atoms with Crippen molar-refractivity contribution >= 4 is 11.6 Å². The van der Waals surface area contributed by atoms with E-state index in [2.05, 4.69) is 33.0 Å². The SMILES string of the molecule is CC(CC(=O)Nc1ccc(CN)cc1)C(C)(C)C. The molecular formula is C15H24N2O. The second-order valence-corrected chi connectivity index (χ2v) is 5.92. The van der Waals surface area contributed by atoms with Crippen LogP contribution in [0.3, 0.4) is 0 Å². The van der Waals surface area contributed by atoms with E-state index in [4.69, 9.17) is 5.73 Å². The predicted molar refractivity (Wildman–Crippen MR) is 76.2 cm³/mol. The summed E-state index contributed by atoms with van der Waals surface area (Å²) in [4.78, 5) is 11.9. The van der Waals surface area contributed by atoms with E-state index in [1.54, 1.807) is 0 Å². The van der Waals surface area contributed by atoms with Gasteiger partial charge in [0.2, 0.25) is 5.91 Å². The van der Waals surface area contributed by atoms with Crippen molar-refractivity contribution in [2.75, 3.05) is 5.32 Å². The maximum absolute atomic E-state index is 11.9. The van der Waals surface area contributed by atoms with Crippen LogP contribution in [0.25, 0.3) is 0 Å². The summed E-state index contributed by atoms with van der Waals surface area (Å²) in [6, 6.07) is 7.65. The van der Waals surface area contributed by atoms with Crippen LogP contribution in [-0.2, 0) is 11.3 Å². The summed E-state index contributed by atoms with van der Waals surface area (Å²) in [5, 5.41) is 2.92. The number of hydrogen-bond acceptors (Lipinski definition) is 2. The van der Waals surface area contributed by atoms with Crippen molar-refractivity contribution in [1.82, 2.24) is 0 Å². The molecule has 1 amide bonds. The van der Waals surface area contributed by atoms with Gasteiger partial charge in [0.25, 0.3) is 0 Å². The monoisotopic (exact) mass is 248 g/mol. The van der Waals surface area contributed by atoms with Crippen molar-refractivity contribution in [3.8, 4) is 0 Å². The first-order valence-corrected chi connectivity index (χ1v) is 6.42. The first kappa shape index (κ1) is 14.7. The molecule has 3 nitrogen and oxygen atoms in total. The molecule has 18 heavy (non-hydrogen) atoms. The highest BCUT2D eigenvalue weighted by atomic mass is 16.1. The van der Waals surface area contributed by atoms with Gasteiger partial charge in [0.05, 0.1) is 0 Å². The van der Waals surface area contributed by atoms with Crippen molar-refractivity contribution in [3.63, 3.8) is 0 Å². The van der Waals surface area contributed by atoms with E-state index in [0.717, 1.165) is 11.3 Å². The normalized spacial score (nSPS) is 13.2. The van der Waals surface area contributed by atoms with E-state index < -0.39 is 0 Å². The Kier molecular flexibility index (Phi) is 4.91. The number of rotatable bonds is 4. The molecule has 3 N–H and O–H groups in total. The van der Waals surface area contributed by atoms with Crippen molar-refractivity contribution in [3.05, 3.63) is 29.8 Å². The van der Waals surface area contributed by atoms with Gasteiger partial charge in [-0.1, -0.05) is 39.8 Å². The molecule has 0 aliphatic heterocycles. The van der Waals surface area contributed by atoms with E-state index in [-0.39, 0.29) is 11.3 Å². The first-order chi connectivity index (χ1) is 8.32. The summed E-state index contributed by atoms with van der Waals surface area (Å²) in [6.07, 6.45) is 0.544. The smallest absolute Gasteiger partial charge is 0.224 e. The molecule has 1 rings (SSSR count). The molecule has 0 aliphatic carbocycles. The number of nitrogens with one attached hydrogen (secondary N) is 1. The topological polar surface area (TPSA) is 55.1 Å². The fourth-order valence-electron chi connectivity index (χ4n) is 1.52. The molecule has 0 fully saturated rings. The van der Waals surface area contributed by atoms with Gasteiger partial charge in [-0.3, -0.25) is 4.79 Å². The summed E-state index contributed by atoms with van der Waals surface area (Å²) in [5.74, 6) is 0.415. The molecule has 0 aliphatic rings. The molecule has 100 valence electrons. The minimum atomic E-state index is 0.0675. The molecule has 0 radical (unpaired) electrons. The molecule has 0 aromatic heterocycles. The quantitative estimate of drug-likeness (QED) is 0.860. The van der Waals surface area contributed by atoms with Gasteiger partial charge in [0.1, 0.15) is 0 Å². The maximum Gasteiger partial charge on any atom is 0.224 e. The van der Waals surface area contributed by atoms with Gasteiger partial charge in [-0.2, -0.15) is 0 Å². The van der Waals surface area contributed by atoms with Crippen LogP contribution >= 0.6 is 0 Å². The Balaban J connectivity index is 2.54. The Hall–Kier alpha value is -1.35. The number of carbonyl (C=O) groups excluding carboxylic acids is 1. The van der Waals surface area contributed by atoms with Gasteiger partial charge in [-0.25, -0.2) is 0 Å². The Morgan fingerprint density at radius 1 is 1.28 bits per heavy atom. The molecule has 1 atom stereocenters. The summed E-state index contributed by atoms with van der Waals surface area (Å²) >= 11 is 0. The standard InChI is InChI=1S/C15H24N2O/c1-11(15(2,3)4)9-14(18)17-13-7-5-12(10-16)6-8-13/h5-8,11H,9-10,16H2,1-4H3,(H,17,18). The van der Waals surface area contributed by atoms with Gasteiger partial charge in [0.15, 0.2) is 0 Å². The van der Waals surface area contributed by atoms with Crippen LogP contribution in [0.4, 0.5) is 5.69 Å². The summed E-state index contributed by atoms with van der Waals surface area (Å²) < 4.78 is 0. The zero-order valence-corrected chi connectivity index (χ0v) is 11.8. The summed E-state index contributed by atoms with van der Waals surface area (Å²) in [5.41, 5.74) is 7.58.